The molecule has 0 radical (unpaired) electrons. The standard InChI is InChI=1S/C19H27N5O4/c1-28-12-15(25)24-9-4-14-16(21-13-20-14)19(24)5-10-23(11-6-19)18(27)17(26)22-7-2-3-8-22/h13H,2-12H2,1H3,(H,20,21). The van der Waals surface area contributed by atoms with Crippen molar-refractivity contribution < 1.29 is 19.1 Å². The molecule has 3 aliphatic heterocycles. The maximum Gasteiger partial charge on any atom is 0.312 e. The number of fused-ring (bicyclic) bond motifs is 2. The van der Waals surface area contributed by atoms with E-state index in [4.69, 9.17) is 4.74 Å². The number of imidazole rings is 1. The second kappa shape index (κ2) is 7.54. The molecular weight excluding hydrogens is 362 g/mol. The SMILES string of the molecule is COCC(=O)N1CCc2[nH]cnc2C12CCN(C(=O)C(=O)N1CCCC1)CC2. The lowest BCUT2D eigenvalue weighted by atomic mass is 9.78. The third-order valence-electron chi connectivity index (χ3n) is 6.28. The van der Waals surface area contributed by atoms with E-state index >= 15 is 0 Å². The Morgan fingerprint density at radius 3 is 2.36 bits per heavy atom. The summed E-state index contributed by atoms with van der Waals surface area (Å²) in [5.41, 5.74) is 1.40. The fraction of sp³-hybridized carbons (Fsp3) is 0.684. The summed E-state index contributed by atoms with van der Waals surface area (Å²) in [7, 11) is 1.51. The molecule has 1 aromatic heterocycles. The summed E-state index contributed by atoms with van der Waals surface area (Å²) in [4.78, 5) is 50.7. The van der Waals surface area contributed by atoms with Gasteiger partial charge in [-0.15, -0.1) is 0 Å². The molecule has 9 nitrogen and oxygen atoms in total. The number of hydrogen-bond donors (Lipinski definition) is 1. The Morgan fingerprint density at radius 2 is 1.71 bits per heavy atom. The van der Waals surface area contributed by atoms with Crippen LogP contribution in [0.15, 0.2) is 6.33 Å². The number of carbonyl (C=O) groups excluding carboxylic acids is 3. The molecule has 0 atom stereocenters. The van der Waals surface area contributed by atoms with Crippen LogP contribution in [-0.4, -0.2) is 88.8 Å². The molecule has 3 aliphatic rings. The highest BCUT2D eigenvalue weighted by atomic mass is 16.5. The Kier molecular flexibility index (Phi) is 5.09. The molecule has 3 amide bonds. The van der Waals surface area contributed by atoms with Crippen LogP contribution in [0.1, 0.15) is 37.1 Å². The summed E-state index contributed by atoms with van der Waals surface area (Å²) in [6.07, 6.45) is 5.45. The number of nitrogens with zero attached hydrogens (tertiary/aromatic N) is 4. The van der Waals surface area contributed by atoms with Gasteiger partial charge in [0.05, 0.1) is 17.6 Å². The average Bonchev–Trinajstić information content (AvgIpc) is 3.40. The minimum atomic E-state index is -0.545. The number of likely N-dealkylation sites (tertiary alicyclic amines) is 2. The van der Waals surface area contributed by atoms with Crippen molar-refractivity contribution >= 4 is 17.7 Å². The molecule has 4 heterocycles. The number of methoxy groups -OCH3 is 1. The highest BCUT2D eigenvalue weighted by Crippen LogP contribution is 2.42. The summed E-state index contributed by atoms with van der Waals surface area (Å²) in [5.74, 6) is -0.890. The summed E-state index contributed by atoms with van der Waals surface area (Å²) in [6, 6.07) is 0. The molecule has 4 rings (SSSR count). The quantitative estimate of drug-likeness (QED) is 0.711. The number of hydrogen-bond acceptors (Lipinski definition) is 5. The van der Waals surface area contributed by atoms with Gasteiger partial charge in [0.25, 0.3) is 0 Å². The van der Waals surface area contributed by atoms with E-state index in [2.05, 4.69) is 9.97 Å². The topological polar surface area (TPSA) is 98.8 Å². The maximum absolute atomic E-state index is 12.7. The van der Waals surface area contributed by atoms with E-state index in [0.717, 1.165) is 30.7 Å². The van der Waals surface area contributed by atoms with Gasteiger partial charge in [-0.25, -0.2) is 4.98 Å². The molecule has 9 heteroatoms. The lowest BCUT2D eigenvalue weighted by Gasteiger charge is -2.50. The summed E-state index contributed by atoms with van der Waals surface area (Å²) >= 11 is 0. The van der Waals surface area contributed by atoms with Gasteiger partial charge in [-0.3, -0.25) is 14.4 Å². The second-order valence-corrected chi connectivity index (χ2v) is 7.78. The molecule has 0 unspecified atom stereocenters. The number of aromatic amines is 1. The van der Waals surface area contributed by atoms with E-state index in [1.165, 1.54) is 7.11 Å². The van der Waals surface area contributed by atoms with Crippen molar-refractivity contribution in [3.63, 3.8) is 0 Å². The van der Waals surface area contributed by atoms with Crippen LogP contribution in [-0.2, 0) is 31.1 Å². The molecule has 0 bridgehead atoms. The summed E-state index contributed by atoms with van der Waals surface area (Å²) in [6.45, 7) is 2.81. The van der Waals surface area contributed by atoms with E-state index in [9.17, 15) is 14.4 Å². The van der Waals surface area contributed by atoms with Crippen LogP contribution < -0.4 is 0 Å². The Bertz CT molecular complexity index is 762. The number of nitrogens with one attached hydrogen (secondary N) is 1. The Hall–Kier alpha value is -2.42. The zero-order valence-electron chi connectivity index (χ0n) is 16.3. The molecule has 0 saturated carbocycles. The van der Waals surface area contributed by atoms with Crippen LogP contribution in [0.2, 0.25) is 0 Å². The molecule has 0 aromatic carbocycles. The van der Waals surface area contributed by atoms with Gasteiger partial charge in [0.15, 0.2) is 0 Å². The monoisotopic (exact) mass is 389 g/mol. The minimum Gasteiger partial charge on any atom is -0.375 e. The van der Waals surface area contributed by atoms with Crippen molar-refractivity contribution in [3.05, 3.63) is 17.7 Å². The minimum absolute atomic E-state index is 0.0254. The van der Waals surface area contributed by atoms with Crippen molar-refractivity contribution in [1.29, 1.82) is 0 Å². The van der Waals surface area contributed by atoms with Crippen LogP contribution in [0.25, 0.3) is 0 Å². The van der Waals surface area contributed by atoms with E-state index in [-0.39, 0.29) is 12.5 Å². The van der Waals surface area contributed by atoms with Gasteiger partial charge in [0.1, 0.15) is 6.61 Å². The van der Waals surface area contributed by atoms with Gasteiger partial charge in [0, 0.05) is 51.9 Å². The predicted molar refractivity (Wildman–Crippen MR) is 99.2 cm³/mol. The van der Waals surface area contributed by atoms with E-state index in [0.29, 0.717) is 45.6 Å². The number of ether oxygens (including phenoxy) is 1. The third-order valence-corrected chi connectivity index (χ3v) is 6.28. The summed E-state index contributed by atoms with van der Waals surface area (Å²) in [5, 5.41) is 0. The molecule has 28 heavy (non-hydrogen) atoms. The predicted octanol–water partition coefficient (Wildman–Crippen LogP) is -0.119. The van der Waals surface area contributed by atoms with Gasteiger partial charge in [-0.1, -0.05) is 0 Å². The molecule has 1 spiro atoms. The third kappa shape index (κ3) is 3.07. The lowest BCUT2D eigenvalue weighted by molar-refractivity contribution is -0.155. The van der Waals surface area contributed by atoms with Crippen molar-refractivity contribution in [2.24, 2.45) is 0 Å². The van der Waals surface area contributed by atoms with Gasteiger partial charge in [0.2, 0.25) is 5.91 Å². The van der Waals surface area contributed by atoms with Gasteiger partial charge in [-0.2, -0.15) is 0 Å². The Labute approximate surface area is 164 Å². The second-order valence-electron chi connectivity index (χ2n) is 7.78. The molecule has 1 aromatic rings. The molecule has 152 valence electrons. The first-order valence-electron chi connectivity index (χ1n) is 9.97. The number of rotatable bonds is 2. The van der Waals surface area contributed by atoms with Crippen LogP contribution in [0.3, 0.4) is 0 Å². The van der Waals surface area contributed by atoms with Gasteiger partial charge >= 0.3 is 11.8 Å². The molecular formula is C19H27N5O4. The van der Waals surface area contributed by atoms with Crippen LogP contribution in [0.4, 0.5) is 0 Å². The van der Waals surface area contributed by atoms with E-state index in [1.807, 2.05) is 4.90 Å². The van der Waals surface area contributed by atoms with Crippen molar-refractivity contribution in [2.45, 2.75) is 37.6 Å². The number of aromatic nitrogens is 2. The van der Waals surface area contributed by atoms with Crippen molar-refractivity contribution in [2.75, 3.05) is 46.4 Å². The molecule has 2 fully saturated rings. The van der Waals surface area contributed by atoms with Crippen molar-refractivity contribution in [1.82, 2.24) is 24.7 Å². The Balaban J connectivity index is 1.52. The van der Waals surface area contributed by atoms with E-state index in [1.54, 1.807) is 16.1 Å². The average molecular weight is 389 g/mol. The molecule has 1 N–H and O–H groups in total. The lowest BCUT2D eigenvalue weighted by Crippen LogP contribution is -2.60. The maximum atomic E-state index is 12.7. The highest BCUT2D eigenvalue weighted by molar-refractivity contribution is 6.35. The van der Waals surface area contributed by atoms with Crippen LogP contribution in [0, 0.1) is 0 Å². The number of piperidine rings is 1. The van der Waals surface area contributed by atoms with Crippen molar-refractivity contribution in [3.8, 4) is 0 Å². The van der Waals surface area contributed by atoms with Gasteiger partial charge in [-0.05, 0) is 25.7 Å². The molecule has 2 saturated heterocycles. The smallest absolute Gasteiger partial charge is 0.312 e. The number of amides is 3. The fourth-order valence-corrected chi connectivity index (χ4v) is 4.82. The van der Waals surface area contributed by atoms with Crippen LogP contribution >= 0.6 is 0 Å². The van der Waals surface area contributed by atoms with Crippen LogP contribution in [0.5, 0.6) is 0 Å². The van der Waals surface area contributed by atoms with Gasteiger partial charge < -0.3 is 24.4 Å². The van der Waals surface area contributed by atoms with E-state index < -0.39 is 17.4 Å². The zero-order chi connectivity index (χ0) is 19.7. The first-order chi connectivity index (χ1) is 13.6. The molecule has 0 aliphatic carbocycles. The highest BCUT2D eigenvalue weighted by Gasteiger charge is 2.49. The zero-order valence-corrected chi connectivity index (χ0v) is 16.3. The first kappa shape index (κ1) is 18.9. The fourth-order valence-electron chi connectivity index (χ4n) is 4.82. The number of carbonyl (C=O) groups is 3. The first-order valence-corrected chi connectivity index (χ1v) is 9.97. The largest absolute Gasteiger partial charge is 0.375 e. The summed E-state index contributed by atoms with van der Waals surface area (Å²) < 4.78 is 5.07. The Morgan fingerprint density at radius 1 is 1.07 bits per heavy atom. The number of H-pyrrole nitrogens is 1. The normalized spacial score (nSPS) is 21.1.